The second kappa shape index (κ2) is 11.5. The van der Waals surface area contributed by atoms with Gasteiger partial charge in [0.1, 0.15) is 23.9 Å². The minimum absolute atomic E-state index is 0.380. The fourth-order valence-corrected chi connectivity index (χ4v) is 3.27. The molecule has 0 spiro atoms. The van der Waals surface area contributed by atoms with E-state index < -0.39 is 12.0 Å². The lowest BCUT2D eigenvalue weighted by Gasteiger charge is -2.13. The fraction of sp³-hybridized carbons (Fsp3) is 0.167. The van der Waals surface area contributed by atoms with Gasteiger partial charge in [-0.05, 0) is 67.1 Å². The molecule has 0 bridgehead atoms. The van der Waals surface area contributed by atoms with Gasteiger partial charge in [0.05, 0.1) is 13.3 Å². The standard InChI is InChI=1S/C24H22BrClN2O4/c1-16(32-21-8-6-20(26)7-9-21)24(29)28-27-14-18-13-22(30-2)10-11-23(18)31-15-17-4-3-5-19(25)12-17/h3-14,16H,15H2,1-2H3,(H,28,29). The molecule has 0 aliphatic heterocycles. The van der Waals surface area contributed by atoms with Crippen LogP contribution in [-0.4, -0.2) is 25.3 Å². The molecule has 166 valence electrons. The number of hydrogen-bond donors (Lipinski definition) is 1. The number of hydrazone groups is 1. The SMILES string of the molecule is COc1ccc(OCc2cccc(Br)c2)c(C=NNC(=O)C(C)Oc2ccc(Cl)cc2)c1. The molecule has 0 aliphatic rings. The highest BCUT2D eigenvalue weighted by molar-refractivity contribution is 9.10. The smallest absolute Gasteiger partial charge is 0.280 e. The zero-order chi connectivity index (χ0) is 22.9. The summed E-state index contributed by atoms with van der Waals surface area (Å²) in [6.45, 7) is 2.02. The molecule has 0 fully saturated rings. The Bertz CT molecular complexity index is 1090. The Labute approximate surface area is 200 Å². The third-order valence-electron chi connectivity index (χ3n) is 4.37. The highest BCUT2D eigenvalue weighted by Gasteiger charge is 2.14. The second-order valence-electron chi connectivity index (χ2n) is 6.77. The van der Waals surface area contributed by atoms with Crippen LogP contribution in [0.3, 0.4) is 0 Å². The van der Waals surface area contributed by atoms with Crippen LogP contribution >= 0.6 is 27.5 Å². The number of benzene rings is 3. The van der Waals surface area contributed by atoms with Crippen LogP contribution in [0.1, 0.15) is 18.1 Å². The molecule has 0 radical (unpaired) electrons. The van der Waals surface area contributed by atoms with Gasteiger partial charge < -0.3 is 14.2 Å². The maximum Gasteiger partial charge on any atom is 0.280 e. The molecule has 3 aromatic rings. The van der Waals surface area contributed by atoms with Crippen LogP contribution in [-0.2, 0) is 11.4 Å². The Hall–Kier alpha value is -3.03. The minimum Gasteiger partial charge on any atom is -0.497 e. The average molecular weight is 518 g/mol. The first-order chi connectivity index (χ1) is 15.4. The largest absolute Gasteiger partial charge is 0.497 e. The molecule has 32 heavy (non-hydrogen) atoms. The molecule has 0 saturated heterocycles. The molecule has 8 heteroatoms. The first-order valence-corrected chi connectivity index (χ1v) is 10.9. The summed E-state index contributed by atoms with van der Waals surface area (Å²) >= 11 is 9.32. The van der Waals surface area contributed by atoms with Gasteiger partial charge in [0.25, 0.3) is 5.91 Å². The molecular formula is C24H22BrClN2O4. The van der Waals surface area contributed by atoms with Crippen molar-refractivity contribution >= 4 is 39.7 Å². The van der Waals surface area contributed by atoms with E-state index in [9.17, 15) is 4.79 Å². The Morgan fingerprint density at radius 1 is 1.12 bits per heavy atom. The van der Waals surface area contributed by atoms with Crippen LogP contribution < -0.4 is 19.6 Å². The van der Waals surface area contributed by atoms with E-state index in [-0.39, 0.29) is 0 Å². The van der Waals surface area contributed by atoms with E-state index in [1.165, 1.54) is 6.21 Å². The molecule has 3 rings (SSSR count). The number of nitrogens with one attached hydrogen (secondary N) is 1. The Morgan fingerprint density at radius 3 is 2.59 bits per heavy atom. The third-order valence-corrected chi connectivity index (χ3v) is 5.12. The lowest BCUT2D eigenvalue weighted by molar-refractivity contribution is -0.127. The summed E-state index contributed by atoms with van der Waals surface area (Å²) in [5, 5.41) is 4.65. The van der Waals surface area contributed by atoms with Gasteiger partial charge in [0, 0.05) is 15.1 Å². The number of hydrogen-bond acceptors (Lipinski definition) is 5. The lowest BCUT2D eigenvalue weighted by Crippen LogP contribution is -2.33. The summed E-state index contributed by atoms with van der Waals surface area (Å²) in [5.74, 6) is 1.40. The van der Waals surface area contributed by atoms with Crippen LogP contribution in [0.2, 0.25) is 5.02 Å². The summed E-state index contributed by atoms with van der Waals surface area (Å²) in [4.78, 5) is 12.3. The van der Waals surface area contributed by atoms with Crippen molar-refractivity contribution in [1.29, 1.82) is 0 Å². The van der Waals surface area contributed by atoms with Gasteiger partial charge >= 0.3 is 0 Å². The van der Waals surface area contributed by atoms with Gasteiger partial charge in [-0.1, -0.05) is 39.7 Å². The van der Waals surface area contributed by atoms with E-state index in [2.05, 4.69) is 26.5 Å². The van der Waals surface area contributed by atoms with Crippen LogP contribution in [0.15, 0.2) is 76.3 Å². The number of halogens is 2. The number of carbonyl (C=O) groups excluding carboxylic acids is 1. The highest BCUT2D eigenvalue weighted by Crippen LogP contribution is 2.24. The number of carbonyl (C=O) groups is 1. The van der Waals surface area contributed by atoms with Crippen LogP contribution in [0, 0.1) is 0 Å². The van der Waals surface area contributed by atoms with Crippen molar-refractivity contribution in [3.8, 4) is 17.2 Å². The first kappa shape index (κ1) is 23.6. The van der Waals surface area contributed by atoms with Crippen molar-refractivity contribution in [2.24, 2.45) is 5.10 Å². The van der Waals surface area contributed by atoms with Crippen molar-refractivity contribution in [2.45, 2.75) is 19.6 Å². The van der Waals surface area contributed by atoms with Crippen molar-refractivity contribution < 1.29 is 19.0 Å². The van der Waals surface area contributed by atoms with Gasteiger partial charge in [0.15, 0.2) is 6.10 Å². The predicted octanol–water partition coefficient (Wildman–Crippen LogP) is 5.61. The van der Waals surface area contributed by atoms with E-state index >= 15 is 0 Å². The summed E-state index contributed by atoms with van der Waals surface area (Å²) < 4.78 is 17.8. The van der Waals surface area contributed by atoms with E-state index in [0.717, 1.165) is 10.0 Å². The highest BCUT2D eigenvalue weighted by atomic mass is 79.9. The van der Waals surface area contributed by atoms with E-state index in [4.69, 9.17) is 25.8 Å². The maximum absolute atomic E-state index is 12.3. The zero-order valence-corrected chi connectivity index (χ0v) is 19.9. The zero-order valence-electron chi connectivity index (χ0n) is 17.5. The fourth-order valence-electron chi connectivity index (χ4n) is 2.70. The molecular weight excluding hydrogens is 496 g/mol. The van der Waals surface area contributed by atoms with Gasteiger partial charge in [-0.15, -0.1) is 0 Å². The molecule has 0 aliphatic carbocycles. The summed E-state index contributed by atoms with van der Waals surface area (Å²) in [5.41, 5.74) is 4.16. The Kier molecular flexibility index (Phi) is 8.53. The molecule has 0 heterocycles. The van der Waals surface area contributed by atoms with Crippen molar-refractivity contribution in [3.63, 3.8) is 0 Å². The van der Waals surface area contributed by atoms with Gasteiger partial charge in [0.2, 0.25) is 0 Å². The predicted molar refractivity (Wildman–Crippen MR) is 129 cm³/mol. The quantitative estimate of drug-likeness (QED) is 0.296. The second-order valence-corrected chi connectivity index (χ2v) is 8.12. The minimum atomic E-state index is -0.745. The molecule has 0 aromatic heterocycles. The number of rotatable bonds is 9. The van der Waals surface area contributed by atoms with Gasteiger partial charge in [-0.2, -0.15) is 5.10 Å². The van der Waals surface area contributed by atoms with E-state index in [1.807, 2.05) is 24.3 Å². The summed E-state index contributed by atoms with van der Waals surface area (Å²) in [7, 11) is 1.58. The van der Waals surface area contributed by atoms with Crippen LogP contribution in [0.4, 0.5) is 0 Å². The van der Waals surface area contributed by atoms with Crippen molar-refractivity contribution in [1.82, 2.24) is 5.43 Å². The topological polar surface area (TPSA) is 69.2 Å². The van der Waals surface area contributed by atoms with E-state index in [1.54, 1.807) is 56.5 Å². The molecule has 6 nitrogen and oxygen atoms in total. The molecule has 0 saturated carbocycles. The monoisotopic (exact) mass is 516 g/mol. The Morgan fingerprint density at radius 2 is 1.88 bits per heavy atom. The normalized spacial score (nSPS) is 11.8. The number of ether oxygens (including phenoxy) is 3. The molecule has 1 amide bonds. The first-order valence-electron chi connectivity index (χ1n) is 9.75. The van der Waals surface area contributed by atoms with E-state index in [0.29, 0.717) is 34.4 Å². The maximum atomic E-state index is 12.3. The third kappa shape index (κ3) is 7.00. The number of nitrogens with zero attached hydrogens (tertiary/aromatic N) is 1. The number of amides is 1. The molecule has 1 unspecified atom stereocenters. The average Bonchev–Trinajstić information content (AvgIpc) is 2.79. The summed E-state index contributed by atoms with van der Waals surface area (Å²) in [6, 6.07) is 20.0. The lowest BCUT2D eigenvalue weighted by atomic mass is 10.2. The van der Waals surface area contributed by atoms with Gasteiger partial charge in [-0.3, -0.25) is 4.79 Å². The van der Waals surface area contributed by atoms with Crippen LogP contribution in [0.5, 0.6) is 17.2 Å². The molecule has 1 atom stereocenters. The summed E-state index contributed by atoms with van der Waals surface area (Å²) in [6.07, 6.45) is 0.761. The van der Waals surface area contributed by atoms with Crippen LogP contribution in [0.25, 0.3) is 0 Å². The molecule has 1 N–H and O–H groups in total. The van der Waals surface area contributed by atoms with Crippen molar-refractivity contribution in [2.75, 3.05) is 7.11 Å². The Balaban J connectivity index is 1.63. The van der Waals surface area contributed by atoms with Crippen molar-refractivity contribution in [3.05, 3.63) is 87.4 Å². The number of methoxy groups -OCH3 is 1. The van der Waals surface area contributed by atoms with Gasteiger partial charge in [-0.25, -0.2) is 5.43 Å². The molecule has 3 aromatic carbocycles.